The highest BCUT2D eigenvalue weighted by molar-refractivity contribution is 6.38. The quantitative estimate of drug-likeness (QED) is 0.578. The summed E-state index contributed by atoms with van der Waals surface area (Å²) < 4.78 is 0. The maximum atomic E-state index is 11.1. The summed E-state index contributed by atoms with van der Waals surface area (Å²) in [6, 6.07) is 4.92. The van der Waals surface area contributed by atoms with Gasteiger partial charge in [-0.1, -0.05) is 19.1 Å². The number of aryl methyl sites for hydroxylation is 1. The van der Waals surface area contributed by atoms with Crippen molar-refractivity contribution in [3.05, 3.63) is 34.9 Å². The summed E-state index contributed by atoms with van der Waals surface area (Å²) in [6.45, 7) is 3.40. The fraction of sp³-hybridized carbons (Fsp3) is 0.364. The van der Waals surface area contributed by atoms with Crippen LogP contribution in [-0.4, -0.2) is 26.6 Å². The Bertz CT molecular complexity index is 381. The number of Topliss-reactive ketones (excluding diaryl/α,β-unsaturated/α-hetero) is 1. The van der Waals surface area contributed by atoms with Crippen molar-refractivity contribution in [3.8, 4) is 0 Å². The monoisotopic (exact) mass is 198 g/mol. The molecule has 0 heterocycles. The molecule has 0 aliphatic carbocycles. The lowest BCUT2D eigenvalue weighted by Crippen LogP contribution is -2.27. The zero-order chi connectivity index (χ0) is 11.6. The van der Waals surface area contributed by atoms with E-state index in [1.807, 2.05) is 6.92 Å². The van der Waals surface area contributed by atoms with Gasteiger partial charge in [0.2, 0.25) is 0 Å². The number of aliphatic hydroxyl groups is 1. The number of hydrogen-bond acceptors (Lipinski definition) is 2. The molecule has 1 aromatic rings. The van der Waals surface area contributed by atoms with Gasteiger partial charge < -0.3 is 5.11 Å². The third-order valence-corrected chi connectivity index (χ3v) is 2.32. The van der Waals surface area contributed by atoms with Crippen LogP contribution in [0, 0.1) is 0 Å². The molecule has 0 saturated heterocycles. The molecular weight excluding hydrogens is 186 g/mol. The summed E-state index contributed by atoms with van der Waals surface area (Å²) >= 11 is 0. The highest BCUT2D eigenvalue weighted by Gasteiger charge is 2.18. The highest BCUT2D eigenvalue weighted by atomic mass is 16.3. The van der Waals surface area contributed by atoms with E-state index in [1.165, 1.54) is 6.92 Å². The molecule has 0 bridgehead atoms. The smallest absolute Gasteiger partial charge is 0.159 e. The first-order valence-corrected chi connectivity index (χ1v) is 4.80. The van der Waals surface area contributed by atoms with Crippen molar-refractivity contribution < 1.29 is 9.90 Å². The van der Waals surface area contributed by atoms with Gasteiger partial charge in [0.1, 0.15) is 15.7 Å². The van der Waals surface area contributed by atoms with E-state index < -0.39 is 5.40 Å². The Hall–Kier alpha value is -1.02. The van der Waals surface area contributed by atoms with Crippen LogP contribution in [0.3, 0.4) is 0 Å². The van der Waals surface area contributed by atoms with Gasteiger partial charge in [0.25, 0.3) is 0 Å². The van der Waals surface area contributed by atoms with Crippen molar-refractivity contribution in [3.63, 3.8) is 0 Å². The van der Waals surface area contributed by atoms with Gasteiger partial charge in [-0.25, -0.2) is 0 Å². The Morgan fingerprint density at radius 1 is 1.47 bits per heavy atom. The topological polar surface area (TPSA) is 37.3 Å². The van der Waals surface area contributed by atoms with Gasteiger partial charge in [-0.3, -0.25) is 4.79 Å². The molecule has 0 amide bonds. The molecule has 2 nitrogen and oxygen atoms in total. The van der Waals surface area contributed by atoms with Gasteiger partial charge in [-0.2, -0.15) is 0 Å². The third kappa shape index (κ3) is 2.72. The zero-order valence-corrected chi connectivity index (χ0v) is 8.95. The number of carbonyl (C=O) groups excluding carboxylic acids is 1. The van der Waals surface area contributed by atoms with E-state index in [-0.39, 0.29) is 5.78 Å². The molecule has 4 heteroatoms. The van der Waals surface area contributed by atoms with Gasteiger partial charge in [-0.15, -0.1) is 0 Å². The summed E-state index contributed by atoms with van der Waals surface area (Å²) in [5.74, 6) is -0.0196. The standard InChI is InChI=1S/C11H12B2O2/c1-3-8-6-9(7(2)14)4-5-10(8)11(12,13)15/h4-6,15H,3H2,1-2H3. The Labute approximate surface area is 92.5 Å². The first kappa shape index (κ1) is 12.1. The minimum Gasteiger partial charge on any atom is -0.405 e. The van der Waals surface area contributed by atoms with Gasteiger partial charge in [0, 0.05) is 11.0 Å². The second kappa shape index (κ2) is 4.23. The van der Waals surface area contributed by atoms with Crippen molar-refractivity contribution in [2.75, 3.05) is 0 Å². The first-order valence-electron chi connectivity index (χ1n) is 4.80. The van der Waals surface area contributed by atoms with Crippen molar-refractivity contribution in [1.29, 1.82) is 0 Å². The maximum Gasteiger partial charge on any atom is 0.159 e. The summed E-state index contributed by atoms with van der Waals surface area (Å²) in [4.78, 5) is 11.1. The fourth-order valence-corrected chi connectivity index (χ4v) is 1.50. The zero-order valence-electron chi connectivity index (χ0n) is 8.95. The first-order chi connectivity index (χ1) is 6.86. The van der Waals surface area contributed by atoms with Crippen LogP contribution >= 0.6 is 0 Å². The normalized spacial score (nSPS) is 11.4. The SMILES string of the molecule is [B]C([B])(O)c1ccc(C(C)=O)cc1CC. The molecule has 0 fully saturated rings. The molecule has 74 valence electrons. The lowest BCUT2D eigenvalue weighted by molar-refractivity contribution is 0.101. The molecular formula is C11H12B2O2. The highest BCUT2D eigenvalue weighted by Crippen LogP contribution is 2.21. The minimum atomic E-state index is -1.85. The van der Waals surface area contributed by atoms with E-state index in [4.69, 9.17) is 15.7 Å². The van der Waals surface area contributed by atoms with E-state index in [0.29, 0.717) is 17.5 Å². The van der Waals surface area contributed by atoms with Crippen LogP contribution in [0.1, 0.15) is 35.3 Å². The molecule has 0 aromatic heterocycles. The summed E-state index contributed by atoms with van der Waals surface area (Å²) in [5, 5.41) is 7.65. The molecule has 0 spiro atoms. The number of carbonyl (C=O) groups is 1. The molecule has 1 aromatic carbocycles. The van der Waals surface area contributed by atoms with E-state index >= 15 is 0 Å². The average molecular weight is 198 g/mol. The van der Waals surface area contributed by atoms with Gasteiger partial charge in [0.05, 0.1) is 0 Å². The largest absolute Gasteiger partial charge is 0.405 e. The molecule has 0 atom stereocenters. The van der Waals surface area contributed by atoms with Crippen LogP contribution in [0.15, 0.2) is 18.2 Å². The van der Waals surface area contributed by atoms with Crippen molar-refractivity contribution in [2.45, 2.75) is 25.7 Å². The Morgan fingerprint density at radius 3 is 2.47 bits per heavy atom. The van der Waals surface area contributed by atoms with Crippen LogP contribution in [0.4, 0.5) is 0 Å². The summed E-state index contributed by atoms with van der Waals surface area (Å²) in [6.07, 6.45) is 0.660. The second-order valence-corrected chi connectivity index (χ2v) is 3.61. The summed E-state index contributed by atoms with van der Waals surface area (Å²) in [7, 11) is 10.8. The number of benzene rings is 1. The predicted molar refractivity (Wildman–Crippen MR) is 61.2 cm³/mol. The molecule has 0 saturated carbocycles. The van der Waals surface area contributed by atoms with Crippen LogP contribution in [-0.2, 0) is 11.8 Å². The van der Waals surface area contributed by atoms with Crippen LogP contribution in [0.5, 0.6) is 0 Å². The van der Waals surface area contributed by atoms with E-state index in [2.05, 4.69) is 0 Å². The minimum absolute atomic E-state index is 0.0196. The van der Waals surface area contributed by atoms with Crippen LogP contribution in [0.25, 0.3) is 0 Å². The van der Waals surface area contributed by atoms with Gasteiger partial charge in [0.15, 0.2) is 5.78 Å². The van der Waals surface area contributed by atoms with Crippen molar-refractivity contribution in [1.82, 2.24) is 0 Å². The molecule has 0 unspecified atom stereocenters. The number of hydrogen-bond donors (Lipinski definition) is 1. The van der Waals surface area contributed by atoms with Gasteiger partial charge >= 0.3 is 0 Å². The number of rotatable bonds is 3. The van der Waals surface area contributed by atoms with Crippen molar-refractivity contribution in [2.24, 2.45) is 0 Å². The molecule has 0 aliphatic heterocycles. The Morgan fingerprint density at radius 2 is 2.07 bits per heavy atom. The Balaban J connectivity index is 3.27. The lowest BCUT2D eigenvalue weighted by Gasteiger charge is -2.22. The predicted octanol–water partition coefficient (Wildman–Crippen LogP) is 0.891. The van der Waals surface area contributed by atoms with Gasteiger partial charge in [-0.05, 0) is 30.5 Å². The molecule has 15 heavy (non-hydrogen) atoms. The van der Waals surface area contributed by atoms with Crippen LogP contribution < -0.4 is 0 Å². The Kier molecular flexibility index (Phi) is 3.40. The second-order valence-electron chi connectivity index (χ2n) is 3.61. The maximum absolute atomic E-state index is 11.1. The molecule has 0 aliphatic rings. The third-order valence-electron chi connectivity index (χ3n) is 2.32. The molecule has 4 radical (unpaired) electrons. The molecule has 1 rings (SSSR count). The molecule has 1 N–H and O–H groups in total. The lowest BCUT2D eigenvalue weighted by atomic mass is 9.60. The average Bonchev–Trinajstić information content (AvgIpc) is 2.15. The van der Waals surface area contributed by atoms with E-state index in [0.717, 1.165) is 5.56 Å². The van der Waals surface area contributed by atoms with Crippen molar-refractivity contribution >= 4 is 21.5 Å². The van der Waals surface area contributed by atoms with Crippen LogP contribution in [0.2, 0.25) is 0 Å². The fourth-order valence-electron chi connectivity index (χ4n) is 1.50. The summed E-state index contributed by atoms with van der Waals surface area (Å²) in [5.41, 5.74) is 1.84. The van der Waals surface area contributed by atoms with E-state index in [1.54, 1.807) is 18.2 Å². The number of ketones is 1. The van der Waals surface area contributed by atoms with E-state index in [9.17, 15) is 9.90 Å².